The zero-order valence-electron chi connectivity index (χ0n) is 14.6. The third-order valence-electron chi connectivity index (χ3n) is 5.04. The van der Waals surface area contributed by atoms with E-state index in [1.54, 1.807) is 11.3 Å². The molecule has 4 rings (SSSR count). The van der Waals surface area contributed by atoms with Gasteiger partial charge in [0.25, 0.3) is 0 Å². The Hall–Kier alpha value is -2.71. The summed E-state index contributed by atoms with van der Waals surface area (Å²) >= 11 is 1.67. The van der Waals surface area contributed by atoms with Gasteiger partial charge in [-0.2, -0.15) is 5.26 Å². The number of aromatic nitrogens is 1. The topological polar surface area (TPSA) is 65.8 Å². The summed E-state index contributed by atoms with van der Waals surface area (Å²) < 4.78 is 1.18. The molecule has 3 aromatic rings. The number of carbonyl (C=O) groups excluding carboxylic acids is 1. The molecule has 0 atom stereocenters. The highest BCUT2D eigenvalue weighted by Gasteiger charge is 2.41. The molecule has 0 aliphatic heterocycles. The van der Waals surface area contributed by atoms with Crippen LogP contribution in [0.3, 0.4) is 0 Å². The molecule has 1 saturated carbocycles. The van der Waals surface area contributed by atoms with E-state index in [9.17, 15) is 10.1 Å². The van der Waals surface area contributed by atoms with E-state index in [1.807, 2.05) is 30.3 Å². The molecule has 1 fully saturated rings. The minimum atomic E-state index is -0.858. The summed E-state index contributed by atoms with van der Waals surface area (Å²) in [5.41, 5.74) is 3.12. The second kappa shape index (κ2) is 6.54. The summed E-state index contributed by atoms with van der Waals surface area (Å²) in [6, 6.07) is 16.2. The lowest BCUT2D eigenvalue weighted by Crippen LogP contribution is -2.32. The van der Waals surface area contributed by atoms with Gasteiger partial charge in [-0.3, -0.25) is 4.79 Å². The van der Waals surface area contributed by atoms with Gasteiger partial charge in [-0.05, 0) is 61.7 Å². The molecule has 1 heterocycles. The second-order valence-electron chi connectivity index (χ2n) is 6.92. The summed E-state index contributed by atoms with van der Waals surface area (Å²) in [5, 5.41) is 13.3. The third kappa shape index (κ3) is 2.97. The number of amides is 1. The molecule has 1 aliphatic carbocycles. The predicted molar refractivity (Wildman–Crippen MR) is 105 cm³/mol. The van der Waals surface area contributed by atoms with Crippen LogP contribution in [0, 0.1) is 23.7 Å². The van der Waals surface area contributed by atoms with Crippen LogP contribution in [0.15, 0.2) is 42.5 Å². The molecule has 130 valence electrons. The number of nitrogens with zero attached hydrogens (tertiary/aromatic N) is 2. The van der Waals surface area contributed by atoms with Crippen molar-refractivity contribution in [2.45, 2.75) is 32.6 Å². The fourth-order valence-corrected chi connectivity index (χ4v) is 4.54. The Morgan fingerprint density at radius 2 is 1.92 bits per heavy atom. The number of fused-ring (bicyclic) bond motifs is 1. The largest absolute Gasteiger partial charge is 0.325 e. The van der Waals surface area contributed by atoms with Gasteiger partial charge in [0, 0.05) is 11.3 Å². The minimum Gasteiger partial charge on any atom is -0.325 e. The lowest BCUT2D eigenvalue weighted by Gasteiger charge is -2.19. The van der Waals surface area contributed by atoms with Crippen molar-refractivity contribution in [3.63, 3.8) is 0 Å². The number of thiazole rings is 1. The van der Waals surface area contributed by atoms with Crippen LogP contribution in [0.2, 0.25) is 0 Å². The van der Waals surface area contributed by atoms with E-state index in [0.717, 1.165) is 34.6 Å². The van der Waals surface area contributed by atoms with Gasteiger partial charge < -0.3 is 5.32 Å². The Balaban J connectivity index is 1.54. The molecule has 0 radical (unpaired) electrons. The summed E-state index contributed by atoms with van der Waals surface area (Å²) in [4.78, 5) is 17.2. The third-order valence-corrected chi connectivity index (χ3v) is 6.11. The first kappa shape index (κ1) is 16.7. The molecule has 0 bridgehead atoms. The minimum absolute atomic E-state index is 0.180. The van der Waals surface area contributed by atoms with E-state index < -0.39 is 5.41 Å². The van der Waals surface area contributed by atoms with Crippen LogP contribution in [-0.4, -0.2) is 10.9 Å². The van der Waals surface area contributed by atoms with E-state index in [2.05, 4.69) is 30.4 Å². The zero-order valence-corrected chi connectivity index (χ0v) is 15.4. The quantitative estimate of drug-likeness (QED) is 0.689. The average molecular weight is 361 g/mol. The normalized spacial score (nSPS) is 15.7. The lowest BCUT2D eigenvalue weighted by molar-refractivity contribution is -0.122. The zero-order chi connectivity index (χ0) is 18.1. The first-order valence-corrected chi connectivity index (χ1v) is 9.62. The van der Waals surface area contributed by atoms with Crippen LogP contribution in [0.1, 0.15) is 31.2 Å². The Labute approximate surface area is 156 Å². The van der Waals surface area contributed by atoms with Crippen molar-refractivity contribution in [1.29, 1.82) is 5.26 Å². The average Bonchev–Trinajstić information content (AvgIpc) is 3.29. The van der Waals surface area contributed by atoms with E-state index >= 15 is 0 Å². The maximum Gasteiger partial charge on any atom is 0.244 e. The molecule has 2 aromatic carbocycles. The first-order valence-electron chi connectivity index (χ1n) is 8.80. The van der Waals surface area contributed by atoms with Crippen molar-refractivity contribution in [3.05, 3.63) is 48.0 Å². The number of hydrogen-bond acceptors (Lipinski definition) is 4. The van der Waals surface area contributed by atoms with Crippen LogP contribution in [0.5, 0.6) is 0 Å². The van der Waals surface area contributed by atoms with Crippen LogP contribution < -0.4 is 5.32 Å². The summed E-state index contributed by atoms with van der Waals surface area (Å²) in [6.07, 6.45) is 3.19. The van der Waals surface area contributed by atoms with Crippen LogP contribution in [-0.2, 0) is 4.79 Å². The first-order chi connectivity index (χ1) is 12.6. The number of carbonyl (C=O) groups is 1. The molecule has 4 nitrogen and oxygen atoms in total. The van der Waals surface area contributed by atoms with E-state index in [-0.39, 0.29) is 5.91 Å². The molecular formula is C21H19N3OS. The maximum atomic E-state index is 12.5. The van der Waals surface area contributed by atoms with E-state index in [1.165, 1.54) is 10.3 Å². The monoisotopic (exact) mass is 361 g/mol. The van der Waals surface area contributed by atoms with Gasteiger partial charge in [-0.1, -0.05) is 18.9 Å². The number of hydrogen-bond donors (Lipinski definition) is 1. The van der Waals surface area contributed by atoms with Crippen molar-refractivity contribution in [2.24, 2.45) is 5.41 Å². The number of nitriles is 1. The molecule has 5 heteroatoms. The summed E-state index contributed by atoms with van der Waals surface area (Å²) in [7, 11) is 0. The number of aryl methyl sites for hydroxylation is 1. The maximum absolute atomic E-state index is 12.5. The molecule has 1 amide bonds. The number of benzene rings is 2. The molecule has 0 unspecified atom stereocenters. The Morgan fingerprint density at radius 1 is 1.19 bits per heavy atom. The predicted octanol–water partition coefficient (Wildman–Crippen LogP) is 5.29. The van der Waals surface area contributed by atoms with E-state index in [0.29, 0.717) is 12.8 Å². The van der Waals surface area contributed by atoms with Gasteiger partial charge in [0.05, 0.1) is 16.3 Å². The fraction of sp³-hybridized carbons (Fsp3) is 0.286. The van der Waals surface area contributed by atoms with Gasteiger partial charge in [-0.15, -0.1) is 11.3 Å². The van der Waals surface area contributed by atoms with Crippen molar-refractivity contribution in [3.8, 4) is 16.6 Å². The smallest absolute Gasteiger partial charge is 0.244 e. The van der Waals surface area contributed by atoms with E-state index in [4.69, 9.17) is 4.98 Å². The SMILES string of the molecule is Cc1ccc2nc(-c3ccc(NC(=O)C4(C#N)CCCC4)cc3)sc2c1. The molecule has 26 heavy (non-hydrogen) atoms. The molecular weight excluding hydrogens is 342 g/mol. The van der Waals surface area contributed by atoms with Crippen molar-refractivity contribution >= 4 is 33.1 Å². The fourth-order valence-electron chi connectivity index (χ4n) is 3.47. The number of anilines is 1. The van der Waals surface area contributed by atoms with Gasteiger partial charge in [0.15, 0.2) is 0 Å². The van der Waals surface area contributed by atoms with Crippen molar-refractivity contribution < 1.29 is 4.79 Å². The van der Waals surface area contributed by atoms with Crippen molar-refractivity contribution in [2.75, 3.05) is 5.32 Å². The Bertz CT molecular complexity index is 1010. The van der Waals surface area contributed by atoms with Gasteiger partial charge in [0.1, 0.15) is 10.4 Å². The number of nitrogens with one attached hydrogen (secondary N) is 1. The van der Waals surface area contributed by atoms with Gasteiger partial charge >= 0.3 is 0 Å². The van der Waals surface area contributed by atoms with Gasteiger partial charge in [0.2, 0.25) is 5.91 Å². The highest BCUT2D eigenvalue weighted by Crippen LogP contribution is 2.38. The van der Waals surface area contributed by atoms with Gasteiger partial charge in [-0.25, -0.2) is 4.98 Å². The Morgan fingerprint density at radius 3 is 2.62 bits per heavy atom. The second-order valence-corrected chi connectivity index (χ2v) is 7.95. The summed E-state index contributed by atoms with van der Waals surface area (Å²) in [6.45, 7) is 2.08. The van der Waals surface area contributed by atoms with Crippen LogP contribution in [0.25, 0.3) is 20.8 Å². The lowest BCUT2D eigenvalue weighted by atomic mass is 9.87. The highest BCUT2D eigenvalue weighted by molar-refractivity contribution is 7.21. The molecule has 0 spiro atoms. The molecule has 1 aliphatic rings. The van der Waals surface area contributed by atoms with Crippen LogP contribution >= 0.6 is 11.3 Å². The van der Waals surface area contributed by atoms with Crippen molar-refractivity contribution in [1.82, 2.24) is 4.98 Å². The molecule has 1 aromatic heterocycles. The number of rotatable bonds is 3. The van der Waals surface area contributed by atoms with Crippen LogP contribution in [0.4, 0.5) is 5.69 Å². The highest BCUT2D eigenvalue weighted by atomic mass is 32.1. The molecule has 1 N–H and O–H groups in total. The summed E-state index contributed by atoms with van der Waals surface area (Å²) in [5.74, 6) is -0.180. The Kier molecular flexibility index (Phi) is 4.21. The molecule has 0 saturated heterocycles. The standard InChI is InChI=1S/C21H19N3OS/c1-14-4-9-17-18(12-14)26-19(24-17)15-5-7-16(8-6-15)23-20(25)21(13-22)10-2-3-11-21/h4-9,12H,2-3,10-11H2,1H3,(H,23,25).